The lowest BCUT2D eigenvalue weighted by Crippen LogP contribution is -1.85. The zero-order valence-corrected chi connectivity index (χ0v) is 19.5. The Morgan fingerprint density at radius 2 is 0.706 bits per heavy atom. The maximum atomic E-state index is 8.59. The molecule has 0 saturated heterocycles. The van der Waals surface area contributed by atoms with Crippen molar-refractivity contribution in [2.24, 2.45) is 0 Å². The monoisotopic (exact) mass is 461 g/mol. The number of hydrogen-bond donors (Lipinski definition) is 6. The van der Waals surface area contributed by atoms with Crippen molar-refractivity contribution in [1.82, 2.24) is 0 Å². The molecule has 0 fully saturated rings. The van der Waals surface area contributed by atoms with Gasteiger partial charge >= 0.3 is 0 Å². The van der Waals surface area contributed by atoms with Gasteiger partial charge in [-0.3, -0.25) is 0 Å². The smallest absolute Gasteiger partial charge is 0.0681 e. The lowest BCUT2D eigenvalue weighted by atomic mass is 10.2. The average Bonchev–Trinajstić information content (AvgIpc) is 2.87. The van der Waals surface area contributed by atoms with Crippen LogP contribution in [-0.2, 0) is 19.8 Å². The van der Waals surface area contributed by atoms with E-state index in [0.717, 1.165) is 33.8 Å². The predicted octanol–water partition coefficient (Wildman–Crippen LogP) is 4.28. The van der Waals surface area contributed by atoms with Gasteiger partial charge in [-0.2, -0.15) is 0 Å². The second kappa shape index (κ2) is 16.7. The number of benzene rings is 4. The Morgan fingerprint density at radius 3 is 0.882 bits per heavy atom. The van der Waals surface area contributed by atoms with Gasteiger partial charge in [0.1, 0.15) is 0 Å². The molecule has 4 aromatic carbocycles. The highest BCUT2D eigenvalue weighted by atomic mass is 16.3. The molecule has 0 bridgehead atoms. The number of aliphatic hydroxyl groups is 3. The summed E-state index contributed by atoms with van der Waals surface area (Å²) in [4.78, 5) is 0. The second-order valence-corrected chi connectivity index (χ2v) is 7.35. The summed E-state index contributed by atoms with van der Waals surface area (Å²) >= 11 is 0. The Bertz CT molecular complexity index is 913. The zero-order chi connectivity index (χ0) is 25.2. The molecule has 0 atom stereocenters. The molecule has 4 rings (SSSR count). The fourth-order valence-electron chi connectivity index (χ4n) is 2.40. The largest absolute Gasteiger partial charge is 0.399 e. The van der Waals surface area contributed by atoms with Crippen molar-refractivity contribution in [3.63, 3.8) is 0 Å². The molecule has 0 aliphatic carbocycles. The van der Waals surface area contributed by atoms with E-state index in [9.17, 15) is 0 Å². The van der Waals surface area contributed by atoms with Crippen LogP contribution in [0, 0.1) is 6.92 Å². The van der Waals surface area contributed by atoms with E-state index in [2.05, 4.69) is 19.1 Å². The van der Waals surface area contributed by atoms with Gasteiger partial charge in [-0.25, -0.2) is 0 Å². The molecule has 6 heteroatoms. The summed E-state index contributed by atoms with van der Waals surface area (Å²) in [5.74, 6) is 0. The highest BCUT2D eigenvalue weighted by molar-refractivity contribution is 5.40. The van der Waals surface area contributed by atoms with Gasteiger partial charge in [0.05, 0.1) is 19.8 Å². The highest BCUT2D eigenvalue weighted by Gasteiger charge is 1.87. The minimum Gasteiger partial charge on any atom is -0.399 e. The van der Waals surface area contributed by atoms with Crippen molar-refractivity contribution < 1.29 is 15.3 Å². The van der Waals surface area contributed by atoms with Gasteiger partial charge in [0.15, 0.2) is 0 Å². The fraction of sp³-hybridized carbons (Fsp3) is 0.143. The second-order valence-electron chi connectivity index (χ2n) is 7.35. The van der Waals surface area contributed by atoms with E-state index in [1.807, 2.05) is 18.2 Å². The van der Waals surface area contributed by atoms with Gasteiger partial charge in [0.25, 0.3) is 0 Å². The van der Waals surface area contributed by atoms with Crippen LogP contribution in [0.1, 0.15) is 22.3 Å². The number of hydrogen-bond acceptors (Lipinski definition) is 6. The number of nitrogens with two attached hydrogens (primary N) is 3. The molecular formula is C28H35N3O3. The van der Waals surface area contributed by atoms with E-state index >= 15 is 0 Å². The first-order valence-electron chi connectivity index (χ1n) is 10.8. The molecule has 0 radical (unpaired) electrons. The van der Waals surface area contributed by atoms with Gasteiger partial charge in [-0.15, -0.1) is 0 Å². The third-order valence-electron chi connectivity index (χ3n) is 4.43. The van der Waals surface area contributed by atoms with E-state index in [1.54, 1.807) is 72.8 Å². The summed E-state index contributed by atoms with van der Waals surface area (Å²) in [7, 11) is 0. The third kappa shape index (κ3) is 12.9. The summed E-state index contributed by atoms with van der Waals surface area (Å²) in [5.41, 5.74) is 22.4. The van der Waals surface area contributed by atoms with Crippen LogP contribution in [0.5, 0.6) is 0 Å². The molecular weight excluding hydrogens is 426 g/mol. The molecule has 9 N–H and O–H groups in total. The standard InChI is InChI=1S/3C7H9NO.C7H8/c3*8-7-3-1-6(5-9)2-4-7;1-7-5-3-2-4-6-7/h3*1-4,9H,5,8H2;2-6H,1H3. The van der Waals surface area contributed by atoms with Crippen LogP contribution in [0.2, 0.25) is 0 Å². The van der Waals surface area contributed by atoms with E-state index in [1.165, 1.54) is 5.56 Å². The molecule has 0 unspecified atom stereocenters. The topological polar surface area (TPSA) is 139 Å². The molecule has 4 aromatic rings. The lowest BCUT2D eigenvalue weighted by molar-refractivity contribution is 0.281. The quantitative estimate of drug-likeness (QED) is 0.252. The van der Waals surface area contributed by atoms with Gasteiger partial charge in [0, 0.05) is 17.1 Å². The average molecular weight is 462 g/mol. The van der Waals surface area contributed by atoms with Crippen LogP contribution in [0.15, 0.2) is 103 Å². The van der Waals surface area contributed by atoms with E-state index in [4.69, 9.17) is 32.5 Å². The minimum atomic E-state index is 0.0836. The van der Waals surface area contributed by atoms with Gasteiger partial charge < -0.3 is 32.5 Å². The van der Waals surface area contributed by atoms with Gasteiger partial charge in [-0.1, -0.05) is 72.3 Å². The van der Waals surface area contributed by atoms with E-state index in [-0.39, 0.29) is 19.8 Å². The Balaban J connectivity index is 0.000000228. The van der Waals surface area contributed by atoms with Crippen LogP contribution < -0.4 is 17.2 Å². The number of rotatable bonds is 3. The molecule has 180 valence electrons. The molecule has 0 aliphatic heterocycles. The van der Waals surface area contributed by atoms with Crippen molar-refractivity contribution in [3.8, 4) is 0 Å². The van der Waals surface area contributed by atoms with Crippen LogP contribution in [0.25, 0.3) is 0 Å². The first-order valence-corrected chi connectivity index (χ1v) is 10.8. The number of anilines is 3. The maximum Gasteiger partial charge on any atom is 0.0681 e. The summed E-state index contributed by atoms with van der Waals surface area (Å²) in [5, 5.41) is 25.8. The van der Waals surface area contributed by atoms with Crippen molar-refractivity contribution in [1.29, 1.82) is 0 Å². The molecule has 0 amide bonds. The molecule has 0 aliphatic rings. The first kappa shape index (κ1) is 28.2. The van der Waals surface area contributed by atoms with Crippen molar-refractivity contribution >= 4 is 17.1 Å². The Morgan fingerprint density at radius 1 is 0.441 bits per heavy atom. The molecule has 6 nitrogen and oxygen atoms in total. The Kier molecular flexibility index (Phi) is 13.9. The SMILES string of the molecule is Cc1ccccc1.Nc1ccc(CO)cc1.Nc1ccc(CO)cc1.Nc1ccc(CO)cc1. The first-order chi connectivity index (χ1) is 16.4. The highest BCUT2D eigenvalue weighted by Crippen LogP contribution is 2.05. The van der Waals surface area contributed by atoms with Gasteiger partial charge in [-0.05, 0) is 60.0 Å². The minimum absolute atomic E-state index is 0.0836. The normalized spacial score (nSPS) is 9.29. The summed E-state index contributed by atoms with van der Waals surface area (Å²) < 4.78 is 0. The Labute approximate surface area is 201 Å². The lowest BCUT2D eigenvalue weighted by Gasteiger charge is -1.94. The van der Waals surface area contributed by atoms with Crippen LogP contribution in [0.4, 0.5) is 17.1 Å². The van der Waals surface area contributed by atoms with Gasteiger partial charge in [0.2, 0.25) is 0 Å². The number of nitrogen functional groups attached to an aromatic ring is 3. The molecule has 0 saturated carbocycles. The van der Waals surface area contributed by atoms with E-state index < -0.39 is 0 Å². The zero-order valence-electron chi connectivity index (χ0n) is 19.5. The van der Waals surface area contributed by atoms with Crippen LogP contribution >= 0.6 is 0 Å². The van der Waals surface area contributed by atoms with Crippen molar-refractivity contribution in [2.75, 3.05) is 17.2 Å². The maximum absolute atomic E-state index is 8.59. The van der Waals surface area contributed by atoms with Crippen LogP contribution in [-0.4, -0.2) is 15.3 Å². The van der Waals surface area contributed by atoms with Crippen LogP contribution in [0.3, 0.4) is 0 Å². The van der Waals surface area contributed by atoms with E-state index in [0.29, 0.717) is 0 Å². The predicted molar refractivity (Wildman–Crippen MR) is 142 cm³/mol. The third-order valence-corrected chi connectivity index (χ3v) is 4.43. The fourth-order valence-corrected chi connectivity index (χ4v) is 2.40. The molecule has 34 heavy (non-hydrogen) atoms. The molecule has 0 spiro atoms. The summed E-state index contributed by atoms with van der Waals surface area (Å²) in [6.45, 7) is 2.33. The Hall–Kier alpha value is -3.84. The van der Waals surface area contributed by atoms with Crippen molar-refractivity contribution in [2.45, 2.75) is 26.7 Å². The number of aryl methyl sites for hydroxylation is 1. The van der Waals surface area contributed by atoms with Crippen molar-refractivity contribution in [3.05, 3.63) is 125 Å². The summed E-state index contributed by atoms with van der Waals surface area (Å²) in [6, 6.07) is 31.7. The molecule has 0 aromatic heterocycles. The number of aliphatic hydroxyl groups excluding tert-OH is 3. The summed E-state index contributed by atoms with van der Waals surface area (Å²) in [6.07, 6.45) is 0. The molecule has 0 heterocycles.